The average Bonchev–Trinajstić information content (AvgIpc) is 2.40. The van der Waals surface area contributed by atoms with Gasteiger partial charge in [0.05, 0.1) is 0 Å². The Hall–Kier alpha value is -1.58. The molecule has 0 spiro atoms. The minimum absolute atomic E-state index is 0. The van der Waals surface area contributed by atoms with Crippen LogP contribution in [0.15, 0.2) is 48.7 Å². The summed E-state index contributed by atoms with van der Waals surface area (Å²) in [6, 6.07) is 13.6. The molecule has 1 aromatic carbocycles. The second-order valence-corrected chi connectivity index (χ2v) is 5.15. The van der Waals surface area contributed by atoms with Crippen molar-refractivity contribution >= 4 is 17.5 Å². The summed E-state index contributed by atoms with van der Waals surface area (Å²) in [5.41, 5.74) is 2.13. The number of nitrogens with zero attached hydrogens (tertiary/aromatic N) is 2. The number of hydrogen-bond donors (Lipinski definition) is 0. The molecule has 0 bridgehead atoms. The van der Waals surface area contributed by atoms with Crippen molar-refractivity contribution in [3.8, 4) is 0 Å². The van der Waals surface area contributed by atoms with Crippen molar-refractivity contribution in [3.05, 3.63) is 64.9 Å². The van der Waals surface area contributed by atoms with Gasteiger partial charge in [-0.15, -0.1) is 0 Å². The fourth-order valence-electron chi connectivity index (χ4n) is 2.55. The topological polar surface area (TPSA) is 24.2 Å². The molecule has 0 saturated heterocycles. The molecule has 1 aromatic heterocycles. The summed E-state index contributed by atoms with van der Waals surface area (Å²) < 4.78 is 1.99. The number of halogens is 2. The predicted octanol–water partition coefficient (Wildman–Crippen LogP) is -0.807. The maximum Gasteiger partial charge on any atom is 0.289 e. The van der Waals surface area contributed by atoms with Gasteiger partial charge in [-0.2, -0.15) is 4.57 Å². The third kappa shape index (κ3) is 2.51. The molecule has 0 saturated carbocycles. The van der Waals surface area contributed by atoms with E-state index in [1.54, 1.807) is 4.90 Å². The molecule has 0 N–H and O–H groups in total. The molecule has 0 aliphatic carbocycles. The minimum atomic E-state index is -0.0823. The number of fused-ring (bicyclic) bond motifs is 1. The lowest BCUT2D eigenvalue weighted by molar-refractivity contribution is -0.699. The van der Waals surface area contributed by atoms with Crippen molar-refractivity contribution in [2.24, 2.45) is 0 Å². The zero-order valence-electron chi connectivity index (χ0n) is 11.0. The number of rotatable bonds is 1. The molecule has 0 radical (unpaired) electrons. The first-order valence-corrected chi connectivity index (χ1v) is 6.54. The Bertz CT molecular complexity index is 645. The van der Waals surface area contributed by atoms with E-state index in [2.05, 4.69) is 6.07 Å². The third-order valence-corrected chi connectivity index (χ3v) is 3.74. The summed E-state index contributed by atoms with van der Waals surface area (Å²) >= 11 is 6.07. The first kappa shape index (κ1) is 14.8. The van der Waals surface area contributed by atoms with Crippen molar-refractivity contribution in [2.45, 2.75) is 12.6 Å². The fourth-order valence-corrected chi connectivity index (χ4v) is 2.75. The van der Waals surface area contributed by atoms with Gasteiger partial charge in [0.2, 0.25) is 12.2 Å². The molecule has 1 amide bonds. The molecule has 20 heavy (non-hydrogen) atoms. The molecule has 1 aliphatic rings. The molecular formula is C15H14Cl2N2O. The average molecular weight is 309 g/mol. The number of carbonyl (C=O) groups excluding carboxylic acids is 1. The maximum atomic E-state index is 12.1. The lowest BCUT2D eigenvalue weighted by atomic mass is 9.99. The molecular weight excluding hydrogens is 295 g/mol. The third-order valence-electron chi connectivity index (χ3n) is 3.51. The second kappa shape index (κ2) is 5.81. The van der Waals surface area contributed by atoms with Gasteiger partial charge in [-0.05, 0) is 17.7 Å². The molecule has 3 nitrogen and oxygen atoms in total. The largest absolute Gasteiger partial charge is 1.00 e. The van der Waals surface area contributed by atoms with Crippen LogP contribution >= 0.6 is 11.6 Å². The SMILES string of the molecule is CN1C(=O)C[n+]2ccccc2C1c1cccc(Cl)c1.[Cl-]. The van der Waals surface area contributed by atoms with Crippen LogP contribution in [0.4, 0.5) is 0 Å². The summed E-state index contributed by atoms with van der Waals surface area (Å²) in [4.78, 5) is 13.9. The predicted molar refractivity (Wildman–Crippen MR) is 72.7 cm³/mol. The lowest BCUT2D eigenvalue weighted by Crippen LogP contribution is -3.00. The van der Waals surface area contributed by atoms with E-state index in [1.807, 2.05) is 54.2 Å². The molecule has 1 aliphatic heterocycles. The van der Waals surface area contributed by atoms with Crippen LogP contribution in [0.1, 0.15) is 17.3 Å². The number of pyridine rings is 1. The number of carbonyl (C=O) groups is 1. The standard InChI is InChI=1S/C15H14ClN2O.ClH/c1-17-14(19)10-18-8-3-2-7-13(18)15(17)11-5-4-6-12(16)9-11;/h2-9,15H,10H2,1H3;1H/q+1;/p-1. The maximum absolute atomic E-state index is 12.1. The van der Waals surface area contributed by atoms with Gasteiger partial charge in [0, 0.05) is 24.2 Å². The second-order valence-electron chi connectivity index (χ2n) is 4.72. The van der Waals surface area contributed by atoms with Crippen molar-refractivity contribution in [3.63, 3.8) is 0 Å². The van der Waals surface area contributed by atoms with Crippen molar-refractivity contribution in [1.82, 2.24) is 4.90 Å². The van der Waals surface area contributed by atoms with Crippen LogP contribution in [-0.2, 0) is 11.3 Å². The highest BCUT2D eigenvalue weighted by Gasteiger charge is 2.36. The van der Waals surface area contributed by atoms with E-state index < -0.39 is 0 Å². The Morgan fingerprint density at radius 2 is 2.05 bits per heavy atom. The van der Waals surface area contributed by atoms with Gasteiger partial charge >= 0.3 is 0 Å². The molecule has 2 heterocycles. The van der Waals surface area contributed by atoms with Crippen LogP contribution in [0, 0.1) is 0 Å². The summed E-state index contributed by atoms with van der Waals surface area (Å²) in [6.07, 6.45) is 1.94. The molecule has 0 fully saturated rings. The zero-order chi connectivity index (χ0) is 13.4. The van der Waals surface area contributed by atoms with Gasteiger partial charge < -0.3 is 17.3 Å². The smallest absolute Gasteiger partial charge is 0.289 e. The van der Waals surface area contributed by atoms with Gasteiger partial charge in [0.25, 0.3) is 5.91 Å². The van der Waals surface area contributed by atoms with E-state index in [9.17, 15) is 4.79 Å². The Morgan fingerprint density at radius 3 is 2.80 bits per heavy atom. The van der Waals surface area contributed by atoms with Crippen LogP contribution in [0.3, 0.4) is 0 Å². The van der Waals surface area contributed by atoms with Crippen molar-refractivity contribution < 1.29 is 21.8 Å². The van der Waals surface area contributed by atoms with E-state index in [0.29, 0.717) is 11.6 Å². The van der Waals surface area contributed by atoms with Crippen LogP contribution < -0.4 is 17.0 Å². The monoisotopic (exact) mass is 308 g/mol. The fraction of sp³-hybridized carbons (Fsp3) is 0.200. The Balaban J connectivity index is 0.00000147. The molecule has 104 valence electrons. The highest BCUT2D eigenvalue weighted by Crippen LogP contribution is 2.29. The van der Waals surface area contributed by atoms with Gasteiger partial charge in [-0.1, -0.05) is 29.8 Å². The lowest BCUT2D eigenvalue weighted by Gasteiger charge is -2.30. The summed E-state index contributed by atoms with van der Waals surface area (Å²) in [5.74, 6) is 0.105. The minimum Gasteiger partial charge on any atom is -1.00 e. The number of likely N-dealkylation sites (N-methyl/N-ethyl adjacent to an activating group) is 1. The van der Waals surface area contributed by atoms with Gasteiger partial charge in [-0.3, -0.25) is 4.79 Å². The normalized spacial score (nSPS) is 17.4. The number of amides is 1. The number of hydrogen-bond acceptors (Lipinski definition) is 1. The first-order valence-electron chi connectivity index (χ1n) is 6.16. The molecule has 1 atom stereocenters. The van der Waals surface area contributed by atoms with Gasteiger partial charge in [-0.25, -0.2) is 0 Å². The Morgan fingerprint density at radius 1 is 1.25 bits per heavy atom. The van der Waals surface area contributed by atoms with E-state index in [4.69, 9.17) is 11.6 Å². The highest BCUT2D eigenvalue weighted by atomic mass is 35.5. The Labute approximate surface area is 129 Å². The van der Waals surface area contributed by atoms with Gasteiger partial charge in [0.15, 0.2) is 6.20 Å². The zero-order valence-corrected chi connectivity index (χ0v) is 12.5. The van der Waals surface area contributed by atoms with Crippen LogP contribution in [-0.4, -0.2) is 17.9 Å². The summed E-state index contributed by atoms with van der Waals surface area (Å²) in [5, 5.41) is 0.686. The first-order chi connectivity index (χ1) is 9.16. The van der Waals surface area contributed by atoms with Crippen LogP contribution in [0.25, 0.3) is 0 Å². The van der Waals surface area contributed by atoms with E-state index in [-0.39, 0.29) is 24.4 Å². The highest BCUT2D eigenvalue weighted by molar-refractivity contribution is 6.30. The van der Waals surface area contributed by atoms with Crippen molar-refractivity contribution in [1.29, 1.82) is 0 Å². The molecule has 5 heteroatoms. The Kier molecular flexibility index (Phi) is 4.31. The van der Waals surface area contributed by atoms with Crippen LogP contribution in [0.2, 0.25) is 5.02 Å². The molecule has 3 rings (SSSR count). The number of benzene rings is 1. The van der Waals surface area contributed by atoms with Crippen LogP contribution in [0.5, 0.6) is 0 Å². The number of aromatic nitrogens is 1. The summed E-state index contributed by atoms with van der Waals surface area (Å²) in [7, 11) is 1.84. The van der Waals surface area contributed by atoms with Crippen molar-refractivity contribution in [2.75, 3.05) is 7.05 Å². The molecule has 1 unspecified atom stereocenters. The van der Waals surface area contributed by atoms with Gasteiger partial charge in [0.1, 0.15) is 6.04 Å². The molecule has 2 aromatic rings. The van der Waals surface area contributed by atoms with E-state index in [1.165, 1.54) is 0 Å². The van der Waals surface area contributed by atoms with E-state index >= 15 is 0 Å². The quantitative estimate of drug-likeness (QED) is 0.633. The summed E-state index contributed by atoms with van der Waals surface area (Å²) in [6.45, 7) is 0.393. The van der Waals surface area contributed by atoms with E-state index in [0.717, 1.165) is 11.3 Å².